The van der Waals surface area contributed by atoms with Crippen LogP contribution in [-0.2, 0) is 24.9 Å². The SMILES string of the molecule is Cn1cc(C(=O)NCc2ccc(Cl)cc2)c(=O)c2cc(COC[C@@H](O)c3cccc(Cl)c3)sc21. The van der Waals surface area contributed by atoms with E-state index in [0.29, 0.717) is 21.0 Å². The molecule has 0 fully saturated rings. The Morgan fingerprint density at radius 2 is 1.91 bits per heavy atom. The number of aromatic nitrogens is 1. The zero-order chi connectivity index (χ0) is 24.2. The van der Waals surface area contributed by atoms with Crippen LogP contribution in [0.3, 0.4) is 0 Å². The minimum atomic E-state index is -0.810. The average molecular weight is 517 g/mol. The highest BCUT2D eigenvalue weighted by Gasteiger charge is 2.17. The number of amides is 1. The molecule has 0 aliphatic heterocycles. The van der Waals surface area contributed by atoms with Crippen LogP contribution in [0.15, 0.2) is 65.6 Å². The van der Waals surface area contributed by atoms with Gasteiger partial charge in [0.1, 0.15) is 16.5 Å². The number of aryl methyl sites for hydroxylation is 1. The standard InChI is InChI=1S/C25H22Cl2N2O4S/c1-29-12-21(24(32)28-11-15-5-7-17(26)8-6-15)23(31)20-10-19(34-25(20)29)13-33-14-22(30)16-3-2-4-18(27)9-16/h2-10,12,22,30H,11,13-14H2,1H3,(H,28,32)/t22-/m1/s1. The topological polar surface area (TPSA) is 80.6 Å². The second-order valence-electron chi connectivity index (χ2n) is 7.81. The summed E-state index contributed by atoms with van der Waals surface area (Å²) in [5, 5.41) is 14.7. The lowest BCUT2D eigenvalue weighted by atomic mass is 10.1. The summed E-state index contributed by atoms with van der Waals surface area (Å²) in [4.78, 5) is 27.3. The van der Waals surface area contributed by atoms with E-state index in [4.69, 9.17) is 27.9 Å². The molecule has 34 heavy (non-hydrogen) atoms. The number of nitrogens with zero attached hydrogens (tertiary/aromatic N) is 1. The molecule has 0 radical (unpaired) electrons. The van der Waals surface area contributed by atoms with Crippen molar-refractivity contribution in [2.45, 2.75) is 19.3 Å². The maximum absolute atomic E-state index is 13.0. The van der Waals surface area contributed by atoms with Gasteiger partial charge in [-0.1, -0.05) is 47.5 Å². The van der Waals surface area contributed by atoms with Gasteiger partial charge in [-0.3, -0.25) is 9.59 Å². The zero-order valence-electron chi connectivity index (χ0n) is 18.3. The molecular weight excluding hydrogens is 495 g/mol. The first-order chi connectivity index (χ1) is 16.3. The highest BCUT2D eigenvalue weighted by Crippen LogP contribution is 2.25. The molecule has 0 unspecified atom stereocenters. The van der Waals surface area contributed by atoms with Gasteiger partial charge >= 0.3 is 0 Å². The number of rotatable bonds is 8. The van der Waals surface area contributed by atoms with Crippen LogP contribution < -0.4 is 10.7 Å². The summed E-state index contributed by atoms with van der Waals surface area (Å²) >= 11 is 13.3. The van der Waals surface area contributed by atoms with Gasteiger partial charge in [0.25, 0.3) is 5.91 Å². The van der Waals surface area contributed by atoms with E-state index in [1.807, 2.05) is 12.1 Å². The normalized spacial score (nSPS) is 12.1. The second kappa shape index (κ2) is 10.7. The number of pyridine rings is 1. The summed E-state index contributed by atoms with van der Waals surface area (Å²) in [5.74, 6) is -0.439. The fourth-order valence-electron chi connectivity index (χ4n) is 3.51. The summed E-state index contributed by atoms with van der Waals surface area (Å²) in [5.41, 5.74) is 1.30. The van der Waals surface area contributed by atoms with Crippen molar-refractivity contribution in [3.8, 4) is 0 Å². The Morgan fingerprint density at radius 3 is 2.65 bits per heavy atom. The second-order valence-corrected chi connectivity index (χ2v) is 9.80. The maximum atomic E-state index is 13.0. The Balaban J connectivity index is 1.44. The van der Waals surface area contributed by atoms with Crippen molar-refractivity contribution in [1.29, 1.82) is 0 Å². The molecule has 1 atom stereocenters. The summed E-state index contributed by atoms with van der Waals surface area (Å²) in [6.07, 6.45) is 0.738. The summed E-state index contributed by atoms with van der Waals surface area (Å²) < 4.78 is 7.44. The number of hydrogen-bond donors (Lipinski definition) is 2. The highest BCUT2D eigenvalue weighted by atomic mass is 35.5. The van der Waals surface area contributed by atoms with Crippen LogP contribution in [0.25, 0.3) is 10.2 Å². The van der Waals surface area contributed by atoms with Crippen LogP contribution in [0.1, 0.15) is 32.5 Å². The minimum Gasteiger partial charge on any atom is -0.386 e. The Labute approximate surface area is 210 Å². The number of nitrogens with one attached hydrogen (secondary N) is 1. The summed E-state index contributed by atoms with van der Waals surface area (Å²) in [6.45, 7) is 0.604. The van der Waals surface area contributed by atoms with Crippen molar-refractivity contribution in [2.24, 2.45) is 7.05 Å². The molecule has 4 aromatic rings. The Kier molecular flexibility index (Phi) is 7.70. The van der Waals surface area contributed by atoms with Gasteiger partial charge in [0.05, 0.1) is 18.6 Å². The molecule has 2 aromatic heterocycles. The smallest absolute Gasteiger partial charge is 0.257 e. The minimum absolute atomic E-state index is 0.0746. The molecule has 4 rings (SSSR count). The zero-order valence-corrected chi connectivity index (χ0v) is 20.6. The van der Waals surface area contributed by atoms with E-state index in [2.05, 4.69) is 5.32 Å². The molecule has 0 spiro atoms. The molecular formula is C25H22Cl2N2O4S. The molecule has 6 nitrogen and oxygen atoms in total. The fourth-order valence-corrected chi connectivity index (χ4v) is 4.86. The van der Waals surface area contributed by atoms with Crippen molar-refractivity contribution < 1.29 is 14.6 Å². The first-order valence-electron chi connectivity index (χ1n) is 10.5. The number of benzene rings is 2. The van der Waals surface area contributed by atoms with E-state index in [9.17, 15) is 14.7 Å². The van der Waals surface area contributed by atoms with Gasteiger partial charge < -0.3 is 19.7 Å². The Bertz CT molecular complexity index is 1380. The monoisotopic (exact) mass is 516 g/mol. The van der Waals surface area contributed by atoms with Gasteiger partial charge in [0, 0.05) is 34.7 Å². The van der Waals surface area contributed by atoms with E-state index in [0.717, 1.165) is 15.3 Å². The van der Waals surface area contributed by atoms with Gasteiger partial charge in [-0.25, -0.2) is 0 Å². The van der Waals surface area contributed by atoms with Crippen LogP contribution in [-0.4, -0.2) is 22.2 Å². The number of hydrogen-bond acceptors (Lipinski definition) is 5. The van der Waals surface area contributed by atoms with E-state index in [1.54, 1.807) is 60.3 Å². The van der Waals surface area contributed by atoms with E-state index >= 15 is 0 Å². The van der Waals surface area contributed by atoms with Crippen molar-refractivity contribution in [3.63, 3.8) is 0 Å². The van der Waals surface area contributed by atoms with Gasteiger partial charge in [-0.05, 0) is 41.5 Å². The highest BCUT2D eigenvalue weighted by molar-refractivity contribution is 7.18. The van der Waals surface area contributed by atoms with Crippen LogP contribution in [0.2, 0.25) is 10.0 Å². The van der Waals surface area contributed by atoms with Gasteiger partial charge in [0.15, 0.2) is 0 Å². The van der Waals surface area contributed by atoms with Crippen LogP contribution >= 0.6 is 34.5 Å². The molecule has 1 amide bonds. The number of carbonyl (C=O) groups excluding carboxylic acids is 1. The van der Waals surface area contributed by atoms with Crippen LogP contribution in [0, 0.1) is 0 Å². The first kappa shape index (κ1) is 24.4. The van der Waals surface area contributed by atoms with Gasteiger partial charge in [0.2, 0.25) is 5.43 Å². The number of halogens is 2. The molecule has 0 aliphatic rings. The molecule has 9 heteroatoms. The predicted molar refractivity (Wildman–Crippen MR) is 136 cm³/mol. The predicted octanol–water partition coefficient (Wildman–Crippen LogP) is 5.09. The lowest BCUT2D eigenvalue weighted by molar-refractivity contribution is 0.0287. The van der Waals surface area contributed by atoms with Crippen molar-refractivity contribution in [1.82, 2.24) is 9.88 Å². The largest absolute Gasteiger partial charge is 0.386 e. The summed E-state index contributed by atoms with van der Waals surface area (Å²) in [6, 6.07) is 15.9. The third-order valence-corrected chi connectivity index (χ3v) is 6.95. The number of carbonyl (C=O) groups is 1. The number of thiophene rings is 1. The maximum Gasteiger partial charge on any atom is 0.257 e. The lowest BCUT2D eigenvalue weighted by Crippen LogP contribution is -2.29. The number of aliphatic hydroxyl groups excluding tert-OH is 1. The van der Waals surface area contributed by atoms with Crippen molar-refractivity contribution >= 4 is 50.7 Å². The molecule has 2 heterocycles. The van der Waals surface area contributed by atoms with Crippen LogP contribution in [0.5, 0.6) is 0 Å². The van der Waals surface area contributed by atoms with Gasteiger partial charge in [-0.15, -0.1) is 11.3 Å². The Hall–Kier alpha value is -2.68. The molecule has 0 saturated carbocycles. The Morgan fingerprint density at radius 1 is 1.15 bits per heavy atom. The van der Waals surface area contributed by atoms with Crippen molar-refractivity contribution in [2.75, 3.05) is 6.61 Å². The summed E-state index contributed by atoms with van der Waals surface area (Å²) in [7, 11) is 1.79. The van der Waals surface area contributed by atoms with Gasteiger partial charge in [-0.2, -0.15) is 0 Å². The molecule has 0 bridgehead atoms. The number of ether oxygens (including phenoxy) is 1. The first-order valence-corrected chi connectivity index (χ1v) is 12.0. The van der Waals surface area contributed by atoms with E-state index < -0.39 is 12.0 Å². The number of fused-ring (bicyclic) bond motifs is 1. The molecule has 176 valence electrons. The quantitative estimate of drug-likeness (QED) is 0.342. The third-order valence-electron chi connectivity index (χ3n) is 5.26. The molecule has 2 N–H and O–H groups in total. The van der Waals surface area contributed by atoms with Crippen molar-refractivity contribution in [3.05, 3.63) is 103 Å². The average Bonchev–Trinajstić information content (AvgIpc) is 3.26. The molecule has 0 saturated heterocycles. The molecule has 0 aliphatic carbocycles. The lowest BCUT2D eigenvalue weighted by Gasteiger charge is -2.11. The van der Waals surface area contributed by atoms with E-state index in [-0.39, 0.29) is 30.8 Å². The molecule has 2 aromatic carbocycles. The fraction of sp³-hybridized carbons (Fsp3) is 0.200. The number of aliphatic hydroxyl groups is 1. The van der Waals surface area contributed by atoms with Crippen LogP contribution in [0.4, 0.5) is 0 Å². The third kappa shape index (κ3) is 5.68. The van der Waals surface area contributed by atoms with E-state index in [1.165, 1.54) is 11.3 Å².